The summed E-state index contributed by atoms with van der Waals surface area (Å²) in [5, 5.41) is 5.52. The highest BCUT2D eigenvalue weighted by Gasteiger charge is 2.35. The van der Waals surface area contributed by atoms with Crippen LogP contribution in [0.4, 0.5) is 38.1 Å². The summed E-state index contributed by atoms with van der Waals surface area (Å²) in [5.74, 6) is -1.05. The van der Waals surface area contributed by atoms with Crippen LogP contribution < -0.4 is 15.4 Å². The molecule has 3 aromatic rings. The molecule has 0 bridgehead atoms. The highest BCUT2D eigenvalue weighted by Crippen LogP contribution is 2.39. The number of aromatic nitrogens is 2. The van der Waals surface area contributed by atoms with Gasteiger partial charge in [-0.1, -0.05) is 11.3 Å². The summed E-state index contributed by atoms with van der Waals surface area (Å²) >= 11 is 1.36. The lowest BCUT2D eigenvalue weighted by molar-refractivity contribution is -0.141. The first-order chi connectivity index (χ1) is 15.0. The standard InChI is InChI=1S/C19H17F5N4O3S/c1-8(30-3)14-12(7-25-16-15(14)26-9(2)32-16)28-18(29)27-10-4-5-13(31-17(20)21)11(6-10)19(22,23)24/h4-8,17H,1-3H3,(H2,27,28,29)/t8-/m1/s1. The number of urea groups is 1. The van der Waals surface area contributed by atoms with Crippen LogP contribution in [0.25, 0.3) is 10.3 Å². The predicted molar refractivity (Wildman–Crippen MR) is 108 cm³/mol. The zero-order chi connectivity index (χ0) is 23.6. The Labute approximate surface area is 182 Å². The number of anilines is 2. The number of amides is 2. The molecule has 3 rings (SSSR count). The van der Waals surface area contributed by atoms with Crippen LogP contribution in [0.3, 0.4) is 0 Å². The van der Waals surface area contributed by atoms with Crippen LogP contribution in [0.2, 0.25) is 0 Å². The van der Waals surface area contributed by atoms with Gasteiger partial charge in [-0.2, -0.15) is 22.0 Å². The molecule has 0 radical (unpaired) electrons. The average molecular weight is 476 g/mol. The van der Waals surface area contributed by atoms with Gasteiger partial charge < -0.3 is 20.1 Å². The van der Waals surface area contributed by atoms with Crippen molar-refractivity contribution in [1.82, 2.24) is 9.97 Å². The van der Waals surface area contributed by atoms with Crippen molar-refractivity contribution in [3.05, 3.63) is 40.5 Å². The monoisotopic (exact) mass is 476 g/mol. The fourth-order valence-corrected chi connectivity index (χ4v) is 3.72. The Morgan fingerprint density at radius 1 is 1.22 bits per heavy atom. The first-order valence-electron chi connectivity index (χ1n) is 9.02. The van der Waals surface area contributed by atoms with Gasteiger partial charge in [0.15, 0.2) is 0 Å². The number of nitrogens with zero attached hydrogens (tertiary/aromatic N) is 2. The number of methoxy groups -OCH3 is 1. The highest BCUT2D eigenvalue weighted by atomic mass is 32.1. The third-order valence-corrected chi connectivity index (χ3v) is 5.22. The van der Waals surface area contributed by atoms with Gasteiger partial charge in [0.05, 0.1) is 28.6 Å². The second kappa shape index (κ2) is 9.20. The Morgan fingerprint density at radius 2 is 1.94 bits per heavy atom. The Balaban J connectivity index is 1.88. The number of carbonyl (C=O) groups is 1. The van der Waals surface area contributed by atoms with Gasteiger partial charge in [0, 0.05) is 18.4 Å². The van der Waals surface area contributed by atoms with Crippen molar-refractivity contribution in [1.29, 1.82) is 0 Å². The molecule has 0 saturated heterocycles. The van der Waals surface area contributed by atoms with Crippen LogP contribution in [-0.4, -0.2) is 29.7 Å². The van der Waals surface area contributed by atoms with Crippen molar-refractivity contribution in [3.8, 4) is 5.75 Å². The van der Waals surface area contributed by atoms with Gasteiger partial charge >= 0.3 is 18.8 Å². The van der Waals surface area contributed by atoms with Gasteiger partial charge in [-0.3, -0.25) is 0 Å². The molecular formula is C19H17F5N4O3S. The normalized spacial score (nSPS) is 12.8. The molecule has 0 fully saturated rings. The van der Waals surface area contributed by atoms with E-state index in [0.717, 1.165) is 11.1 Å². The number of nitrogens with one attached hydrogen (secondary N) is 2. The lowest BCUT2D eigenvalue weighted by Gasteiger charge is -2.17. The molecule has 13 heteroatoms. The molecule has 2 amide bonds. The van der Waals surface area contributed by atoms with Crippen molar-refractivity contribution in [2.75, 3.05) is 17.7 Å². The van der Waals surface area contributed by atoms with Gasteiger partial charge in [0.1, 0.15) is 16.1 Å². The van der Waals surface area contributed by atoms with Gasteiger partial charge in [0.2, 0.25) is 0 Å². The number of rotatable bonds is 6. The smallest absolute Gasteiger partial charge is 0.420 e. The van der Waals surface area contributed by atoms with E-state index in [1.807, 2.05) is 0 Å². The second-order valence-corrected chi connectivity index (χ2v) is 7.70. The van der Waals surface area contributed by atoms with Crippen LogP contribution in [0.15, 0.2) is 24.4 Å². The number of thiazole rings is 1. The third-order valence-electron chi connectivity index (χ3n) is 4.34. The number of fused-ring (bicyclic) bond motifs is 1. The molecule has 2 heterocycles. The van der Waals surface area contributed by atoms with Crippen molar-refractivity contribution in [3.63, 3.8) is 0 Å². The summed E-state index contributed by atoms with van der Waals surface area (Å²) in [4.78, 5) is 21.8. The molecule has 32 heavy (non-hydrogen) atoms. The molecule has 1 atom stereocenters. The Hall–Kier alpha value is -3.06. The molecule has 1 aromatic carbocycles. The van der Waals surface area contributed by atoms with Gasteiger partial charge in [-0.15, -0.1) is 0 Å². The molecule has 0 saturated carbocycles. The molecule has 2 aromatic heterocycles. The molecule has 0 aliphatic carbocycles. The number of hydrogen-bond acceptors (Lipinski definition) is 6. The summed E-state index contributed by atoms with van der Waals surface area (Å²) in [6.07, 6.45) is -4.05. The lowest BCUT2D eigenvalue weighted by atomic mass is 10.1. The molecule has 0 spiro atoms. The summed E-state index contributed by atoms with van der Waals surface area (Å²) in [6, 6.07) is 1.34. The maximum Gasteiger partial charge on any atom is 0.420 e. The van der Waals surface area contributed by atoms with E-state index in [-0.39, 0.29) is 11.4 Å². The van der Waals surface area contributed by atoms with E-state index in [0.29, 0.717) is 28.0 Å². The topological polar surface area (TPSA) is 85.4 Å². The number of benzene rings is 1. The average Bonchev–Trinajstić information content (AvgIpc) is 3.07. The van der Waals surface area contributed by atoms with Crippen molar-refractivity contribution < 1.29 is 36.2 Å². The van der Waals surface area contributed by atoms with E-state index in [1.165, 1.54) is 24.6 Å². The van der Waals surface area contributed by atoms with Crippen molar-refractivity contribution in [2.24, 2.45) is 0 Å². The van der Waals surface area contributed by atoms with E-state index in [2.05, 4.69) is 25.3 Å². The zero-order valence-corrected chi connectivity index (χ0v) is 17.7. The van der Waals surface area contributed by atoms with Crippen LogP contribution in [-0.2, 0) is 10.9 Å². The minimum absolute atomic E-state index is 0.253. The molecule has 172 valence electrons. The van der Waals surface area contributed by atoms with Crippen LogP contribution in [0.1, 0.15) is 29.2 Å². The largest absolute Gasteiger partial charge is 0.434 e. The number of carbonyl (C=O) groups excluding carboxylic acids is 1. The van der Waals surface area contributed by atoms with E-state index in [1.54, 1.807) is 13.8 Å². The Morgan fingerprint density at radius 3 is 2.56 bits per heavy atom. The molecular weight excluding hydrogens is 459 g/mol. The summed E-state index contributed by atoms with van der Waals surface area (Å²) < 4.78 is 73.7. The number of hydrogen-bond donors (Lipinski definition) is 2. The fraction of sp³-hybridized carbons (Fsp3) is 0.316. The number of pyridine rings is 1. The predicted octanol–water partition coefficient (Wildman–Crippen LogP) is 5.97. The Bertz CT molecular complexity index is 1140. The second-order valence-electron chi connectivity index (χ2n) is 6.52. The van der Waals surface area contributed by atoms with E-state index < -0.39 is 36.2 Å². The molecule has 0 unspecified atom stereocenters. The molecule has 0 aliphatic heterocycles. The van der Waals surface area contributed by atoms with Crippen LogP contribution in [0.5, 0.6) is 5.75 Å². The molecule has 0 aliphatic rings. The molecule has 2 N–H and O–H groups in total. The van der Waals surface area contributed by atoms with Crippen molar-refractivity contribution >= 4 is 39.1 Å². The first kappa shape index (κ1) is 23.6. The van der Waals surface area contributed by atoms with Gasteiger partial charge in [-0.05, 0) is 32.0 Å². The van der Waals surface area contributed by atoms with Crippen molar-refractivity contribution in [2.45, 2.75) is 32.7 Å². The minimum Gasteiger partial charge on any atom is -0.434 e. The van der Waals surface area contributed by atoms with Crippen LogP contribution >= 0.6 is 11.3 Å². The van der Waals surface area contributed by atoms with E-state index in [9.17, 15) is 26.7 Å². The number of aryl methyl sites for hydroxylation is 1. The number of ether oxygens (including phenoxy) is 2. The lowest BCUT2D eigenvalue weighted by Crippen LogP contribution is -2.21. The highest BCUT2D eigenvalue weighted by molar-refractivity contribution is 7.18. The summed E-state index contributed by atoms with van der Waals surface area (Å²) in [6.45, 7) is 0.105. The SMILES string of the molecule is CO[C@H](C)c1c(NC(=O)Nc2ccc(OC(F)F)c(C(F)(F)F)c2)cnc2sc(C)nc12. The first-order valence-corrected chi connectivity index (χ1v) is 9.84. The van der Waals surface area contributed by atoms with Crippen LogP contribution in [0, 0.1) is 6.92 Å². The van der Waals surface area contributed by atoms with E-state index >= 15 is 0 Å². The maximum absolute atomic E-state index is 13.2. The minimum atomic E-state index is -4.98. The number of halogens is 5. The van der Waals surface area contributed by atoms with Gasteiger partial charge in [0.25, 0.3) is 0 Å². The van der Waals surface area contributed by atoms with Gasteiger partial charge in [-0.25, -0.2) is 14.8 Å². The summed E-state index contributed by atoms with van der Waals surface area (Å²) in [7, 11) is 1.47. The third kappa shape index (κ3) is 5.22. The zero-order valence-electron chi connectivity index (χ0n) is 16.9. The summed E-state index contributed by atoms with van der Waals surface area (Å²) in [5.41, 5.74) is -0.397. The Kier molecular flexibility index (Phi) is 6.79. The maximum atomic E-state index is 13.2. The fourth-order valence-electron chi connectivity index (χ4n) is 2.94. The van der Waals surface area contributed by atoms with E-state index in [4.69, 9.17) is 4.74 Å². The molecule has 7 nitrogen and oxygen atoms in total. The quantitative estimate of drug-likeness (QED) is 0.428. The number of alkyl halides is 5.